The number of hydrogen-bond acceptors (Lipinski definition) is 7. The summed E-state index contributed by atoms with van der Waals surface area (Å²) in [6, 6.07) is 17.3. The largest absolute Gasteiger partial charge is 0.497 e. The molecule has 0 atom stereocenters. The summed E-state index contributed by atoms with van der Waals surface area (Å²) in [4.78, 5) is 23.8. The highest BCUT2D eigenvalue weighted by Crippen LogP contribution is 2.32. The molecule has 0 saturated carbocycles. The number of anilines is 1. The van der Waals surface area contributed by atoms with E-state index in [9.17, 15) is 13.2 Å². The van der Waals surface area contributed by atoms with Gasteiger partial charge in [0, 0.05) is 6.20 Å². The lowest BCUT2D eigenvalue weighted by atomic mass is 10.1. The van der Waals surface area contributed by atoms with Gasteiger partial charge in [-0.2, -0.15) is 0 Å². The minimum Gasteiger partial charge on any atom is -0.497 e. The monoisotopic (exact) mass is 481 g/mol. The molecule has 9 heteroatoms. The van der Waals surface area contributed by atoms with Gasteiger partial charge in [-0.05, 0) is 54.4 Å². The van der Waals surface area contributed by atoms with Gasteiger partial charge in [-0.3, -0.25) is 14.7 Å². The summed E-state index contributed by atoms with van der Waals surface area (Å²) < 4.78 is 32.0. The summed E-state index contributed by atoms with van der Waals surface area (Å²) in [5, 5.41) is 0.450. The molecular weight excluding hydrogens is 458 g/mol. The average molecular weight is 482 g/mol. The number of amides is 1. The first-order valence-electron chi connectivity index (χ1n) is 10.4. The molecule has 0 radical (unpaired) electrons. The smallest absolute Gasteiger partial charge is 0.244 e. The van der Waals surface area contributed by atoms with E-state index in [4.69, 9.17) is 9.72 Å². The lowest BCUT2D eigenvalue weighted by Gasteiger charge is -2.19. The van der Waals surface area contributed by atoms with Crippen LogP contribution in [-0.4, -0.2) is 37.2 Å². The number of rotatable bonds is 8. The van der Waals surface area contributed by atoms with Crippen molar-refractivity contribution in [1.82, 2.24) is 9.97 Å². The first kappa shape index (κ1) is 22.9. The number of hydrogen-bond donors (Lipinski definition) is 0. The van der Waals surface area contributed by atoms with E-state index < -0.39 is 21.5 Å². The highest BCUT2D eigenvalue weighted by Gasteiger charge is 2.27. The summed E-state index contributed by atoms with van der Waals surface area (Å²) in [7, 11) is -2.36. The van der Waals surface area contributed by atoms with Crippen LogP contribution < -0.4 is 9.64 Å². The van der Waals surface area contributed by atoms with Crippen LogP contribution in [0.5, 0.6) is 5.75 Å². The van der Waals surface area contributed by atoms with Crippen molar-refractivity contribution in [3.8, 4) is 5.75 Å². The number of benzene rings is 2. The molecule has 0 fully saturated rings. The molecule has 2 heterocycles. The zero-order valence-electron chi connectivity index (χ0n) is 18.3. The van der Waals surface area contributed by atoms with Gasteiger partial charge in [0.15, 0.2) is 15.0 Å². The van der Waals surface area contributed by atoms with Crippen molar-refractivity contribution in [3.63, 3.8) is 0 Å². The second-order valence-corrected chi connectivity index (χ2v) is 10.3. The Morgan fingerprint density at radius 1 is 1.06 bits per heavy atom. The van der Waals surface area contributed by atoms with E-state index in [1.54, 1.807) is 30.5 Å². The number of sulfone groups is 1. The standard InChI is InChI=1S/C24H23N3O4S2/c1-3-17-7-6-9-21-23(17)26-24(32-21)27(15-18-8-4-5-14-25-18)22(28)16-33(29,30)20-12-10-19(31-2)11-13-20/h4-14H,3,15-16H2,1-2H3. The zero-order valence-corrected chi connectivity index (χ0v) is 19.9. The number of ether oxygens (including phenoxy) is 1. The molecule has 0 unspecified atom stereocenters. The molecule has 0 N–H and O–H groups in total. The van der Waals surface area contributed by atoms with Crippen molar-refractivity contribution in [1.29, 1.82) is 0 Å². The van der Waals surface area contributed by atoms with E-state index in [1.165, 1.54) is 35.5 Å². The van der Waals surface area contributed by atoms with Crippen molar-refractivity contribution in [2.75, 3.05) is 17.8 Å². The fourth-order valence-corrected chi connectivity index (χ4v) is 5.65. The average Bonchev–Trinajstić information content (AvgIpc) is 3.27. The molecule has 0 spiro atoms. The number of carbonyl (C=O) groups excluding carboxylic acids is 1. The first-order valence-corrected chi connectivity index (χ1v) is 12.8. The van der Waals surface area contributed by atoms with E-state index in [0.717, 1.165) is 22.2 Å². The number of pyridine rings is 1. The fourth-order valence-electron chi connectivity index (χ4n) is 3.42. The molecule has 4 aromatic rings. The Morgan fingerprint density at radius 3 is 2.52 bits per heavy atom. The third-order valence-electron chi connectivity index (χ3n) is 5.18. The van der Waals surface area contributed by atoms with Crippen LogP contribution in [0.4, 0.5) is 5.13 Å². The lowest BCUT2D eigenvalue weighted by Crippen LogP contribution is -2.35. The molecule has 0 aliphatic heterocycles. The number of carbonyl (C=O) groups is 1. The Balaban J connectivity index is 1.69. The molecule has 1 amide bonds. The van der Waals surface area contributed by atoms with Crippen molar-refractivity contribution in [3.05, 3.63) is 78.1 Å². The maximum absolute atomic E-state index is 13.4. The van der Waals surface area contributed by atoms with Gasteiger partial charge in [0.2, 0.25) is 5.91 Å². The number of fused-ring (bicyclic) bond motifs is 1. The van der Waals surface area contributed by atoms with Gasteiger partial charge in [-0.15, -0.1) is 0 Å². The van der Waals surface area contributed by atoms with Gasteiger partial charge >= 0.3 is 0 Å². The van der Waals surface area contributed by atoms with Crippen LogP contribution >= 0.6 is 11.3 Å². The van der Waals surface area contributed by atoms with E-state index in [-0.39, 0.29) is 11.4 Å². The SMILES string of the molecule is CCc1cccc2sc(N(Cc3ccccn3)C(=O)CS(=O)(=O)c3ccc(OC)cc3)nc12. The third kappa shape index (κ3) is 5.04. The van der Waals surface area contributed by atoms with Crippen LogP contribution in [0.2, 0.25) is 0 Å². The minimum atomic E-state index is -3.86. The number of methoxy groups -OCH3 is 1. The Bertz CT molecular complexity index is 1370. The molecule has 2 aromatic heterocycles. The van der Waals surface area contributed by atoms with E-state index >= 15 is 0 Å². The van der Waals surface area contributed by atoms with Crippen molar-refractivity contribution in [2.24, 2.45) is 0 Å². The summed E-state index contributed by atoms with van der Waals surface area (Å²) in [6.45, 7) is 2.17. The highest BCUT2D eigenvalue weighted by molar-refractivity contribution is 7.92. The molecule has 0 aliphatic rings. The van der Waals surface area contributed by atoms with Crippen molar-refractivity contribution >= 4 is 42.4 Å². The van der Waals surface area contributed by atoms with Crippen LogP contribution in [-0.2, 0) is 27.6 Å². The first-order chi connectivity index (χ1) is 15.9. The van der Waals surface area contributed by atoms with E-state index in [0.29, 0.717) is 16.6 Å². The summed E-state index contributed by atoms with van der Waals surface area (Å²) in [5.41, 5.74) is 2.55. The molecule has 0 aliphatic carbocycles. The quantitative estimate of drug-likeness (QED) is 0.373. The van der Waals surface area contributed by atoms with E-state index in [1.807, 2.05) is 31.2 Å². The number of aromatic nitrogens is 2. The molecule has 2 aromatic carbocycles. The van der Waals surface area contributed by atoms with Crippen LogP contribution in [0.15, 0.2) is 71.8 Å². The van der Waals surface area contributed by atoms with E-state index in [2.05, 4.69) is 4.98 Å². The number of thiazole rings is 1. The van der Waals surface area contributed by atoms with Crippen LogP contribution in [0, 0.1) is 0 Å². The van der Waals surface area contributed by atoms with Gasteiger partial charge in [-0.25, -0.2) is 13.4 Å². The highest BCUT2D eigenvalue weighted by atomic mass is 32.2. The number of aryl methyl sites for hydroxylation is 1. The second-order valence-electron chi connectivity index (χ2n) is 7.35. The predicted octanol–water partition coefficient (Wildman–Crippen LogP) is 4.27. The van der Waals surface area contributed by atoms with Gasteiger partial charge in [0.25, 0.3) is 0 Å². The maximum Gasteiger partial charge on any atom is 0.244 e. The van der Waals surface area contributed by atoms with Crippen molar-refractivity contribution < 1.29 is 17.9 Å². The minimum absolute atomic E-state index is 0.0620. The van der Waals surface area contributed by atoms with Crippen molar-refractivity contribution in [2.45, 2.75) is 24.8 Å². The Labute approximate surface area is 196 Å². The number of nitrogens with zero attached hydrogens (tertiary/aromatic N) is 3. The number of para-hydroxylation sites is 1. The van der Waals surface area contributed by atoms with Gasteiger partial charge in [0.05, 0.1) is 34.5 Å². The lowest BCUT2D eigenvalue weighted by molar-refractivity contribution is -0.116. The molecule has 4 rings (SSSR count). The molecule has 0 bridgehead atoms. The van der Waals surface area contributed by atoms with Gasteiger partial charge in [0.1, 0.15) is 11.5 Å². The second kappa shape index (κ2) is 9.68. The summed E-state index contributed by atoms with van der Waals surface area (Å²) in [6.07, 6.45) is 2.44. The molecular formula is C24H23N3O4S2. The normalized spacial score (nSPS) is 11.5. The van der Waals surface area contributed by atoms with Crippen LogP contribution in [0.1, 0.15) is 18.2 Å². The Hall–Kier alpha value is -3.30. The third-order valence-corrected chi connectivity index (χ3v) is 7.84. The molecule has 0 saturated heterocycles. The molecule has 7 nitrogen and oxygen atoms in total. The Kier molecular flexibility index (Phi) is 6.71. The maximum atomic E-state index is 13.4. The summed E-state index contributed by atoms with van der Waals surface area (Å²) >= 11 is 1.36. The Morgan fingerprint density at radius 2 is 1.85 bits per heavy atom. The fraction of sp³-hybridized carbons (Fsp3) is 0.208. The zero-order chi connectivity index (χ0) is 23.4. The summed E-state index contributed by atoms with van der Waals surface area (Å²) in [5.74, 6) is -0.699. The van der Waals surface area contributed by atoms with Gasteiger partial charge in [-0.1, -0.05) is 36.5 Å². The molecule has 170 valence electrons. The topological polar surface area (TPSA) is 89.5 Å². The van der Waals surface area contributed by atoms with Crippen LogP contribution in [0.3, 0.4) is 0 Å². The predicted molar refractivity (Wildman–Crippen MR) is 129 cm³/mol. The van der Waals surface area contributed by atoms with Gasteiger partial charge < -0.3 is 4.74 Å². The van der Waals surface area contributed by atoms with Crippen LogP contribution in [0.25, 0.3) is 10.2 Å². The molecule has 33 heavy (non-hydrogen) atoms.